The Hall–Kier alpha value is -0.610. The van der Waals surface area contributed by atoms with Crippen molar-refractivity contribution in [3.05, 3.63) is 0 Å². The van der Waals surface area contributed by atoms with E-state index in [2.05, 4.69) is 48.5 Å². The monoisotopic (exact) mass is 514 g/mol. The first-order chi connectivity index (χ1) is 17.1. The second-order valence-electron chi connectivity index (χ2n) is 16.5. The van der Waals surface area contributed by atoms with Gasteiger partial charge in [0.2, 0.25) is 0 Å². The molecular formula is C33H54O4. The van der Waals surface area contributed by atoms with Crippen LogP contribution in [-0.4, -0.2) is 36.5 Å². The summed E-state index contributed by atoms with van der Waals surface area (Å²) in [6.45, 7) is 19.2. The number of esters is 1. The van der Waals surface area contributed by atoms with Crippen LogP contribution >= 0.6 is 0 Å². The van der Waals surface area contributed by atoms with Crippen molar-refractivity contribution in [3.8, 4) is 0 Å². The molecule has 0 aromatic rings. The van der Waals surface area contributed by atoms with Gasteiger partial charge in [-0.1, -0.05) is 48.5 Å². The van der Waals surface area contributed by atoms with E-state index in [0.29, 0.717) is 22.9 Å². The quantitative estimate of drug-likeness (QED) is 0.279. The SMILES string of the molecule is CO[C@H]1CC[C@@]2(C)C(CC[C@@]3(C)C[C@]45CC[C@H]6C(C)(C)[C@H](OC(C)=O)CC[C@]6(C)[C@@]4(CC[C@@H]32)O5)C1(C)C. The van der Waals surface area contributed by atoms with Crippen molar-refractivity contribution < 1.29 is 19.0 Å². The van der Waals surface area contributed by atoms with Gasteiger partial charge in [0.25, 0.3) is 0 Å². The molecule has 0 aromatic heterocycles. The highest BCUT2D eigenvalue weighted by Gasteiger charge is 2.83. The summed E-state index contributed by atoms with van der Waals surface area (Å²) in [6.07, 6.45) is 13.8. The van der Waals surface area contributed by atoms with Crippen LogP contribution in [0.3, 0.4) is 0 Å². The fourth-order valence-corrected chi connectivity index (χ4v) is 13.0. The van der Waals surface area contributed by atoms with E-state index in [-0.39, 0.29) is 39.5 Å². The van der Waals surface area contributed by atoms with Crippen molar-refractivity contribution in [1.29, 1.82) is 0 Å². The van der Waals surface area contributed by atoms with Crippen molar-refractivity contribution in [2.75, 3.05) is 7.11 Å². The topological polar surface area (TPSA) is 48.1 Å². The van der Waals surface area contributed by atoms with E-state index in [4.69, 9.17) is 14.2 Å². The number of carbonyl (C=O) groups is 1. The third kappa shape index (κ3) is 3.18. The van der Waals surface area contributed by atoms with E-state index in [0.717, 1.165) is 24.7 Å². The van der Waals surface area contributed by atoms with Crippen molar-refractivity contribution >= 4 is 5.97 Å². The molecule has 6 rings (SSSR count). The van der Waals surface area contributed by atoms with E-state index < -0.39 is 0 Å². The summed E-state index contributed by atoms with van der Waals surface area (Å²) in [5.74, 6) is 1.88. The number of epoxide rings is 1. The molecule has 4 nitrogen and oxygen atoms in total. The second kappa shape index (κ2) is 7.77. The van der Waals surface area contributed by atoms with Crippen LogP contribution in [0, 0.1) is 44.8 Å². The van der Waals surface area contributed by atoms with Crippen LogP contribution in [-0.2, 0) is 19.0 Å². The Morgan fingerprint density at radius 2 is 1.35 bits per heavy atom. The first-order valence-corrected chi connectivity index (χ1v) is 15.5. The lowest BCUT2D eigenvalue weighted by atomic mass is 9.41. The standard InChI is InChI=1S/C33H54O4/c1-21(34)36-26-14-17-31(8)23(28(26,4)5)11-18-32-20-29(6)15-10-22-27(2,3)25(35-9)13-16-30(22,7)24(29)12-19-33(31,32)37-32/h22-26H,10-20H2,1-9H3/t22?,23-,24-,25-,26+,29-,30-,31-,32+,33+/m0/s1. The Balaban J connectivity index is 1.34. The number of fused-ring (bicyclic) bond motifs is 4. The van der Waals surface area contributed by atoms with Crippen LogP contribution in [0.15, 0.2) is 0 Å². The highest BCUT2D eigenvalue weighted by atomic mass is 16.6. The number of rotatable bonds is 2. The first-order valence-electron chi connectivity index (χ1n) is 15.5. The normalized spacial score (nSPS) is 55.3. The highest BCUT2D eigenvalue weighted by molar-refractivity contribution is 5.66. The molecule has 6 fully saturated rings. The molecule has 1 heterocycles. The molecule has 210 valence electrons. The van der Waals surface area contributed by atoms with Crippen LogP contribution in [0.1, 0.15) is 126 Å². The molecule has 1 unspecified atom stereocenters. The number of methoxy groups -OCH3 is 1. The first kappa shape index (κ1) is 26.6. The molecule has 0 aromatic carbocycles. The van der Waals surface area contributed by atoms with Gasteiger partial charge in [-0.25, -0.2) is 0 Å². The smallest absolute Gasteiger partial charge is 0.302 e. The minimum atomic E-state index is -0.131. The largest absolute Gasteiger partial charge is 0.462 e. The Morgan fingerprint density at radius 3 is 2.03 bits per heavy atom. The summed E-state index contributed by atoms with van der Waals surface area (Å²) in [5.41, 5.74) is 1.17. The zero-order valence-electron chi connectivity index (χ0n) is 25.3. The molecule has 5 aliphatic carbocycles. The van der Waals surface area contributed by atoms with Crippen molar-refractivity contribution in [2.24, 2.45) is 44.8 Å². The van der Waals surface area contributed by atoms with Gasteiger partial charge in [-0.15, -0.1) is 0 Å². The molecule has 10 atom stereocenters. The van der Waals surface area contributed by atoms with Crippen molar-refractivity contribution in [2.45, 2.75) is 149 Å². The van der Waals surface area contributed by atoms with Crippen molar-refractivity contribution in [1.82, 2.24) is 0 Å². The van der Waals surface area contributed by atoms with Gasteiger partial charge in [0.05, 0.1) is 11.7 Å². The fraction of sp³-hybridized carbons (Fsp3) is 0.970. The van der Waals surface area contributed by atoms with Gasteiger partial charge >= 0.3 is 5.97 Å². The average molecular weight is 515 g/mol. The molecule has 0 bridgehead atoms. The molecule has 0 radical (unpaired) electrons. The lowest BCUT2D eigenvalue weighted by Crippen LogP contribution is -2.60. The van der Waals surface area contributed by atoms with Crippen LogP contribution in [0.25, 0.3) is 0 Å². The van der Waals surface area contributed by atoms with E-state index in [1.54, 1.807) is 6.92 Å². The molecule has 0 amide bonds. The molecule has 1 saturated heterocycles. The van der Waals surface area contributed by atoms with Gasteiger partial charge in [0.15, 0.2) is 0 Å². The van der Waals surface area contributed by atoms with Gasteiger partial charge in [-0.2, -0.15) is 0 Å². The van der Waals surface area contributed by atoms with Gasteiger partial charge in [-0.3, -0.25) is 4.79 Å². The summed E-state index contributed by atoms with van der Waals surface area (Å²) in [5, 5.41) is 0. The Labute approximate surface area is 226 Å². The minimum absolute atomic E-state index is 0.00678. The predicted octanol–water partition coefficient (Wildman–Crippen LogP) is 7.72. The predicted molar refractivity (Wildman–Crippen MR) is 146 cm³/mol. The van der Waals surface area contributed by atoms with Crippen molar-refractivity contribution in [3.63, 3.8) is 0 Å². The highest BCUT2D eigenvalue weighted by Crippen LogP contribution is 2.80. The summed E-state index contributed by atoms with van der Waals surface area (Å²) < 4.78 is 19.2. The maximum absolute atomic E-state index is 11.9. The molecule has 37 heavy (non-hydrogen) atoms. The van der Waals surface area contributed by atoms with E-state index in [1.807, 2.05) is 7.11 Å². The summed E-state index contributed by atoms with van der Waals surface area (Å²) in [4.78, 5) is 11.9. The number of ether oxygens (including phenoxy) is 3. The van der Waals surface area contributed by atoms with E-state index in [1.165, 1.54) is 57.8 Å². The van der Waals surface area contributed by atoms with Gasteiger partial charge in [0.1, 0.15) is 11.7 Å². The van der Waals surface area contributed by atoms with E-state index >= 15 is 0 Å². The third-order valence-electron chi connectivity index (χ3n) is 14.4. The lowest BCUT2D eigenvalue weighted by molar-refractivity contribution is -0.183. The fourth-order valence-electron chi connectivity index (χ4n) is 13.0. The number of carbonyl (C=O) groups excluding carboxylic acids is 1. The van der Waals surface area contributed by atoms with Crippen LogP contribution in [0.2, 0.25) is 0 Å². The van der Waals surface area contributed by atoms with Gasteiger partial charge in [0, 0.05) is 24.9 Å². The van der Waals surface area contributed by atoms with Crippen LogP contribution < -0.4 is 0 Å². The van der Waals surface area contributed by atoms with Gasteiger partial charge < -0.3 is 14.2 Å². The lowest BCUT2D eigenvalue weighted by Gasteiger charge is -2.64. The number of hydrogen-bond acceptors (Lipinski definition) is 4. The summed E-state index contributed by atoms with van der Waals surface area (Å²) in [7, 11) is 1.93. The molecule has 0 spiro atoms. The Morgan fingerprint density at radius 1 is 0.730 bits per heavy atom. The summed E-state index contributed by atoms with van der Waals surface area (Å²) in [6, 6.07) is 0. The Kier molecular flexibility index (Phi) is 5.59. The zero-order chi connectivity index (χ0) is 26.9. The second-order valence-corrected chi connectivity index (χ2v) is 16.5. The molecule has 6 aliphatic rings. The Bertz CT molecular complexity index is 971. The molecule has 5 saturated carbocycles. The number of hydrogen-bond donors (Lipinski definition) is 0. The van der Waals surface area contributed by atoms with Crippen LogP contribution in [0.4, 0.5) is 0 Å². The van der Waals surface area contributed by atoms with Gasteiger partial charge in [-0.05, 0) is 105 Å². The maximum Gasteiger partial charge on any atom is 0.302 e. The molecular weight excluding hydrogens is 460 g/mol. The molecule has 0 N–H and O–H groups in total. The minimum Gasteiger partial charge on any atom is -0.462 e. The maximum atomic E-state index is 11.9. The average Bonchev–Trinajstić information content (AvgIpc) is 3.45. The molecule has 1 aliphatic heterocycles. The van der Waals surface area contributed by atoms with Crippen LogP contribution in [0.5, 0.6) is 0 Å². The third-order valence-corrected chi connectivity index (χ3v) is 14.4. The van der Waals surface area contributed by atoms with E-state index in [9.17, 15) is 4.79 Å². The zero-order valence-corrected chi connectivity index (χ0v) is 25.3. The summed E-state index contributed by atoms with van der Waals surface area (Å²) >= 11 is 0. The molecule has 4 heteroatoms.